The molecule has 0 radical (unpaired) electrons. The SMILES string of the molecule is Cc1nc2cnc(Nc3ccccc3)nc2n(C)c1=O. The maximum atomic E-state index is 11.9. The van der Waals surface area contributed by atoms with Crippen LogP contribution in [-0.2, 0) is 7.05 Å². The Morgan fingerprint density at radius 3 is 2.65 bits per heavy atom. The Hall–Kier alpha value is -2.76. The third-order valence-electron chi connectivity index (χ3n) is 3.00. The van der Waals surface area contributed by atoms with Crippen LogP contribution in [0.1, 0.15) is 5.69 Å². The van der Waals surface area contributed by atoms with Gasteiger partial charge in [0.25, 0.3) is 5.56 Å². The van der Waals surface area contributed by atoms with Gasteiger partial charge >= 0.3 is 0 Å². The van der Waals surface area contributed by atoms with Gasteiger partial charge in [-0.1, -0.05) is 18.2 Å². The molecule has 1 aromatic carbocycles. The number of anilines is 2. The van der Waals surface area contributed by atoms with Crippen LogP contribution in [0.4, 0.5) is 11.6 Å². The average Bonchev–Trinajstić information content (AvgIpc) is 2.47. The molecule has 1 N–H and O–H groups in total. The number of aryl methyl sites for hydroxylation is 2. The fraction of sp³-hybridized carbons (Fsp3) is 0.143. The monoisotopic (exact) mass is 267 g/mol. The summed E-state index contributed by atoms with van der Waals surface area (Å²) in [5.41, 5.74) is 2.28. The molecule has 3 rings (SSSR count). The average molecular weight is 267 g/mol. The second-order valence-electron chi connectivity index (χ2n) is 4.45. The van der Waals surface area contributed by atoms with Crippen molar-refractivity contribution < 1.29 is 0 Å². The molecule has 0 aliphatic rings. The summed E-state index contributed by atoms with van der Waals surface area (Å²) < 4.78 is 1.48. The van der Waals surface area contributed by atoms with Gasteiger partial charge in [0.1, 0.15) is 11.2 Å². The molecule has 0 bridgehead atoms. The maximum Gasteiger partial charge on any atom is 0.273 e. The van der Waals surface area contributed by atoms with Crippen molar-refractivity contribution in [2.24, 2.45) is 7.05 Å². The number of para-hydroxylation sites is 1. The maximum absolute atomic E-state index is 11.9. The van der Waals surface area contributed by atoms with Crippen molar-refractivity contribution in [1.82, 2.24) is 19.5 Å². The summed E-state index contributed by atoms with van der Waals surface area (Å²) in [5, 5.41) is 3.09. The Balaban J connectivity index is 2.09. The third kappa shape index (κ3) is 2.11. The van der Waals surface area contributed by atoms with Crippen LogP contribution in [0.5, 0.6) is 0 Å². The molecule has 6 nitrogen and oxygen atoms in total. The number of benzene rings is 1. The number of hydrogen-bond acceptors (Lipinski definition) is 5. The van der Waals surface area contributed by atoms with Crippen molar-refractivity contribution in [1.29, 1.82) is 0 Å². The normalized spacial score (nSPS) is 10.7. The molecular formula is C14H13N5O. The lowest BCUT2D eigenvalue weighted by molar-refractivity contribution is 0.852. The predicted octanol–water partition coefficient (Wildman–Crippen LogP) is 1.78. The third-order valence-corrected chi connectivity index (χ3v) is 3.00. The molecule has 0 fully saturated rings. The smallest absolute Gasteiger partial charge is 0.273 e. The molecule has 3 aromatic rings. The van der Waals surface area contributed by atoms with E-state index in [0.29, 0.717) is 22.8 Å². The minimum absolute atomic E-state index is 0.151. The molecule has 20 heavy (non-hydrogen) atoms. The van der Waals surface area contributed by atoms with E-state index in [4.69, 9.17) is 0 Å². The van der Waals surface area contributed by atoms with Gasteiger partial charge in [-0.3, -0.25) is 9.36 Å². The summed E-state index contributed by atoms with van der Waals surface area (Å²) in [6.07, 6.45) is 1.61. The summed E-state index contributed by atoms with van der Waals surface area (Å²) >= 11 is 0. The molecule has 0 saturated heterocycles. The van der Waals surface area contributed by atoms with E-state index in [1.54, 1.807) is 20.2 Å². The highest BCUT2D eigenvalue weighted by atomic mass is 16.1. The predicted molar refractivity (Wildman–Crippen MR) is 77.0 cm³/mol. The van der Waals surface area contributed by atoms with Crippen LogP contribution < -0.4 is 10.9 Å². The quantitative estimate of drug-likeness (QED) is 0.766. The number of nitrogens with one attached hydrogen (secondary N) is 1. The summed E-state index contributed by atoms with van der Waals surface area (Å²) in [7, 11) is 1.68. The highest BCUT2D eigenvalue weighted by molar-refractivity contribution is 5.71. The van der Waals surface area contributed by atoms with Crippen LogP contribution in [0.25, 0.3) is 11.2 Å². The van der Waals surface area contributed by atoms with Crippen LogP contribution in [0.3, 0.4) is 0 Å². The van der Waals surface area contributed by atoms with Crippen LogP contribution >= 0.6 is 0 Å². The highest BCUT2D eigenvalue weighted by Crippen LogP contribution is 2.14. The lowest BCUT2D eigenvalue weighted by Crippen LogP contribution is -2.22. The molecule has 2 heterocycles. The summed E-state index contributed by atoms with van der Waals surface area (Å²) in [4.78, 5) is 24.6. The number of nitrogens with zero attached hydrogens (tertiary/aromatic N) is 4. The topological polar surface area (TPSA) is 72.7 Å². The Morgan fingerprint density at radius 2 is 1.90 bits per heavy atom. The van der Waals surface area contributed by atoms with Crippen LogP contribution in [0.15, 0.2) is 41.3 Å². The molecule has 2 aromatic heterocycles. The number of rotatable bonds is 2. The Bertz CT molecular complexity index is 826. The first-order valence-corrected chi connectivity index (χ1v) is 6.17. The van der Waals surface area contributed by atoms with Gasteiger partial charge in [-0.05, 0) is 19.1 Å². The van der Waals surface area contributed by atoms with Crippen LogP contribution in [-0.4, -0.2) is 19.5 Å². The molecule has 0 saturated carbocycles. The first-order valence-electron chi connectivity index (χ1n) is 6.17. The number of fused-ring (bicyclic) bond motifs is 1. The minimum Gasteiger partial charge on any atom is -0.324 e. The molecule has 6 heteroatoms. The summed E-state index contributed by atoms with van der Waals surface area (Å²) in [6.45, 7) is 1.68. The molecule has 100 valence electrons. The highest BCUT2D eigenvalue weighted by Gasteiger charge is 2.08. The standard InChI is InChI=1S/C14H13N5O/c1-9-13(20)19(2)12-11(16-9)8-15-14(18-12)17-10-6-4-3-5-7-10/h3-8H,1-2H3,(H,15,17,18). The first kappa shape index (κ1) is 12.3. The molecular weight excluding hydrogens is 254 g/mol. The van der Waals surface area contributed by atoms with Gasteiger partial charge in [0.05, 0.1) is 6.20 Å². The molecule has 0 atom stereocenters. The Kier molecular flexibility index (Phi) is 2.90. The molecule has 0 amide bonds. The number of hydrogen-bond donors (Lipinski definition) is 1. The first-order chi connectivity index (χ1) is 9.65. The zero-order chi connectivity index (χ0) is 14.1. The van der Waals surface area contributed by atoms with Gasteiger partial charge in [0.2, 0.25) is 5.95 Å². The minimum atomic E-state index is -0.151. The van der Waals surface area contributed by atoms with Crippen molar-refractivity contribution in [2.45, 2.75) is 6.92 Å². The van der Waals surface area contributed by atoms with E-state index in [-0.39, 0.29) is 5.56 Å². The van der Waals surface area contributed by atoms with Crippen molar-refractivity contribution in [3.8, 4) is 0 Å². The second-order valence-corrected chi connectivity index (χ2v) is 4.45. The van der Waals surface area contributed by atoms with Gasteiger partial charge in [-0.2, -0.15) is 4.98 Å². The van der Waals surface area contributed by atoms with Gasteiger partial charge in [-0.15, -0.1) is 0 Å². The van der Waals surface area contributed by atoms with Gasteiger partial charge in [0.15, 0.2) is 5.65 Å². The van der Waals surface area contributed by atoms with E-state index in [9.17, 15) is 4.79 Å². The van der Waals surface area contributed by atoms with E-state index in [1.165, 1.54) is 4.57 Å². The van der Waals surface area contributed by atoms with Gasteiger partial charge < -0.3 is 5.32 Å². The van der Waals surface area contributed by atoms with Gasteiger partial charge in [0, 0.05) is 12.7 Å². The second kappa shape index (κ2) is 4.73. The zero-order valence-corrected chi connectivity index (χ0v) is 11.2. The largest absolute Gasteiger partial charge is 0.324 e. The van der Waals surface area contributed by atoms with E-state index in [2.05, 4.69) is 20.3 Å². The fourth-order valence-electron chi connectivity index (χ4n) is 1.97. The van der Waals surface area contributed by atoms with Crippen molar-refractivity contribution in [2.75, 3.05) is 5.32 Å². The number of aromatic nitrogens is 4. The van der Waals surface area contributed by atoms with E-state index < -0.39 is 0 Å². The molecule has 0 spiro atoms. The van der Waals surface area contributed by atoms with E-state index in [0.717, 1.165) is 5.69 Å². The fourth-order valence-corrected chi connectivity index (χ4v) is 1.97. The van der Waals surface area contributed by atoms with Crippen LogP contribution in [0.2, 0.25) is 0 Å². The van der Waals surface area contributed by atoms with Crippen molar-refractivity contribution >= 4 is 22.8 Å². The van der Waals surface area contributed by atoms with Crippen molar-refractivity contribution in [3.05, 3.63) is 52.6 Å². The van der Waals surface area contributed by atoms with Crippen LogP contribution in [0, 0.1) is 6.92 Å². The molecule has 0 unspecified atom stereocenters. The lowest BCUT2D eigenvalue weighted by Gasteiger charge is -2.08. The van der Waals surface area contributed by atoms with Gasteiger partial charge in [-0.25, -0.2) is 9.97 Å². The summed E-state index contributed by atoms with van der Waals surface area (Å²) in [5.74, 6) is 0.435. The Morgan fingerprint density at radius 1 is 1.15 bits per heavy atom. The summed E-state index contributed by atoms with van der Waals surface area (Å²) in [6, 6.07) is 9.61. The molecule has 0 aliphatic carbocycles. The van der Waals surface area contributed by atoms with Crippen molar-refractivity contribution in [3.63, 3.8) is 0 Å². The Labute approximate surface area is 115 Å². The molecule has 0 aliphatic heterocycles. The van der Waals surface area contributed by atoms with E-state index >= 15 is 0 Å². The lowest BCUT2D eigenvalue weighted by atomic mass is 10.3. The van der Waals surface area contributed by atoms with E-state index in [1.807, 2.05) is 30.3 Å². The zero-order valence-electron chi connectivity index (χ0n) is 11.2.